The molecule has 0 saturated heterocycles. The van der Waals surface area contributed by atoms with Crippen molar-refractivity contribution in [1.29, 1.82) is 0 Å². The molecule has 6 heteroatoms. The molecule has 0 aliphatic heterocycles. The fraction of sp³-hybridized carbons (Fsp3) is 0.615. The summed E-state index contributed by atoms with van der Waals surface area (Å²) in [6, 6.07) is 0. The van der Waals surface area contributed by atoms with Gasteiger partial charge in [-0.3, -0.25) is 0 Å². The molecule has 0 aromatic carbocycles. The fourth-order valence-corrected chi connectivity index (χ4v) is 3.98. The van der Waals surface area contributed by atoms with Crippen molar-refractivity contribution in [1.82, 2.24) is 15.2 Å². The van der Waals surface area contributed by atoms with E-state index in [4.69, 9.17) is 4.98 Å². The second-order valence-electron chi connectivity index (χ2n) is 5.24. The second-order valence-corrected chi connectivity index (χ2v) is 7.30. The van der Waals surface area contributed by atoms with E-state index in [1.54, 1.807) is 22.7 Å². The van der Waals surface area contributed by atoms with Crippen molar-refractivity contribution in [2.24, 2.45) is 5.92 Å². The van der Waals surface area contributed by atoms with Crippen LogP contribution in [0.1, 0.15) is 44.3 Å². The van der Waals surface area contributed by atoms with E-state index < -0.39 is 0 Å². The van der Waals surface area contributed by atoms with Crippen molar-refractivity contribution in [2.45, 2.75) is 40.0 Å². The van der Waals surface area contributed by atoms with E-state index in [0.717, 1.165) is 22.3 Å². The molecule has 0 spiro atoms. The summed E-state index contributed by atoms with van der Waals surface area (Å²) in [7, 11) is 1.87. The van der Waals surface area contributed by atoms with Crippen molar-refractivity contribution in [3.05, 3.63) is 10.7 Å². The molecule has 0 saturated carbocycles. The predicted molar refractivity (Wildman–Crippen MR) is 83.2 cm³/mol. The third kappa shape index (κ3) is 3.30. The smallest absolute Gasteiger partial charge is 0.205 e. The monoisotopic (exact) mass is 296 g/mol. The van der Waals surface area contributed by atoms with Gasteiger partial charge in [0.2, 0.25) is 5.13 Å². The van der Waals surface area contributed by atoms with E-state index in [0.29, 0.717) is 11.8 Å². The van der Waals surface area contributed by atoms with Crippen LogP contribution in [0.25, 0.3) is 9.88 Å². The van der Waals surface area contributed by atoms with Crippen molar-refractivity contribution in [3.63, 3.8) is 0 Å². The van der Waals surface area contributed by atoms with Crippen molar-refractivity contribution in [3.8, 4) is 9.88 Å². The van der Waals surface area contributed by atoms with Gasteiger partial charge in [-0.05, 0) is 11.8 Å². The first-order valence-electron chi connectivity index (χ1n) is 6.52. The largest absolute Gasteiger partial charge is 0.363 e. The molecule has 0 atom stereocenters. The zero-order valence-electron chi connectivity index (χ0n) is 12.0. The summed E-state index contributed by atoms with van der Waals surface area (Å²) < 4.78 is 0. The Bertz CT molecular complexity index is 543. The van der Waals surface area contributed by atoms with Gasteiger partial charge in [-0.2, -0.15) is 0 Å². The molecule has 2 heterocycles. The molecule has 104 valence electrons. The molecule has 4 nitrogen and oxygen atoms in total. The summed E-state index contributed by atoms with van der Waals surface area (Å²) in [5.74, 6) is 1.04. The first-order chi connectivity index (χ1) is 9.01. The summed E-state index contributed by atoms with van der Waals surface area (Å²) in [6.45, 7) is 8.80. The van der Waals surface area contributed by atoms with Crippen LogP contribution in [0.15, 0.2) is 0 Å². The number of thiazole rings is 1. The summed E-state index contributed by atoms with van der Waals surface area (Å²) in [6.07, 6.45) is 1.03. The summed E-state index contributed by atoms with van der Waals surface area (Å²) >= 11 is 3.35. The molecule has 19 heavy (non-hydrogen) atoms. The van der Waals surface area contributed by atoms with Crippen LogP contribution in [0, 0.1) is 5.92 Å². The Kier molecular flexibility index (Phi) is 4.52. The number of anilines is 1. The Labute approximate surface area is 122 Å². The average molecular weight is 296 g/mol. The SMILES string of the molecule is CNc1nnc(-c2sc(CC(C)C)nc2C(C)C)s1. The van der Waals surface area contributed by atoms with Crippen LogP contribution in [0.5, 0.6) is 0 Å². The highest BCUT2D eigenvalue weighted by molar-refractivity contribution is 7.23. The summed E-state index contributed by atoms with van der Waals surface area (Å²) in [5.41, 5.74) is 1.15. The van der Waals surface area contributed by atoms with E-state index in [1.165, 1.54) is 9.88 Å². The minimum absolute atomic E-state index is 0.411. The number of hydrogen-bond acceptors (Lipinski definition) is 6. The van der Waals surface area contributed by atoms with Gasteiger partial charge in [-0.25, -0.2) is 4.98 Å². The Morgan fingerprint density at radius 2 is 1.84 bits per heavy atom. The van der Waals surface area contributed by atoms with E-state index in [9.17, 15) is 0 Å². The van der Waals surface area contributed by atoms with E-state index in [-0.39, 0.29) is 0 Å². The lowest BCUT2D eigenvalue weighted by Gasteiger charge is -2.01. The van der Waals surface area contributed by atoms with Gasteiger partial charge < -0.3 is 5.32 Å². The quantitative estimate of drug-likeness (QED) is 0.905. The van der Waals surface area contributed by atoms with Crippen LogP contribution < -0.4 is 5.32 Å². The van der Waals surface area contributed by atoms with Crippen LogP contribution in [0.3, 0.4) is 0 Å². The normalized spacial score (nSPS) is 11.5. The molecule has 0 unspecified atom stereocenters. The van der Waals surface area contributed by atoms with Crippen LogP contribution in [-0.4, -0.2) is 22.2 Å². The third-order valence-electron chi connectivity index (χ3n) is 2.66. The molecule has 0 aliphatic carbocycles. The molecule has 0 radical (unpaired) electrons. The maximum Gasteiger partial charge on any atom is 0.205 e. The Balaban J connectivity index is 2.39. The summed E-state index contributed by atoms with van der Waals surface area (Å²) in [5, 5.41) is 14.4. The molecule has 2 rings (SSSR count). The third-order valence-corrected chi connectivity index (χ3v) is 4.85. The molecular weight excluding hydrogens is 276 g/mol. The van der Waals surface area contributed by atoms with E-state index >= 15 is 0 Å². The zero-order chi connectivity index (χ0) is 14.0. The van der Waals surface area contributed by atoms with E-state index in [2.05, 4.69) is 43.2 Å². The lowest BCUT2D eigenvalue weighted by molar-refractivity contribution is 0.641. The molecule has 1 N–H and O–H groups in total. The van der Waals surface area contributed by atoms with Gasteiger partial charge in [0.1, 0.15) is 0 Å². The molecule has 0 bridgehead atoms. The molecule has 2 aromatic heterocycles. The molecule has 0 fully saturated rings. The lowest BCUT2D eigenvalue weighted by Crippen LogP contribution is -1.95. The van der Waals surface area contributed by atoms with Gasteiger partial charge in [-0.15, -0.1) is 21.5 Å². The first-order valence-corrected chi connectivity index (χ1v) is 8.15. The minimum Gasteiger partial charge on any atom is -0.363 e. The highest BCUT2D eigenvalue weighted by atomic mass is 32.1. The van der Waals surface area contributed by atoms with Crippen molar-refractivity contribution < 1.29 is 0 Å². The standard InChI is InChI=1S/C13H20N4S2/c1-7(2)6-9-15-10(8(3)4)11(18-9)12-16-17-13(14-5)19-12/h7-8H,6H2,1-5H3,(H,14,17). The number of aromatic nitrogens is 3. The van der Waals surface area contributed by atoms with E-state index in [1.807, 2.05) is 7.05 Å². The Morgan fingerprint density at radius 1 is 1.11 bits per heavy atom. The minimum atomic E-state index is 0.411. The number of rotatable bonds is 5. The van der Waals surface area contributed by atoms with Crippen LogP contribution in [-0.2, 0) is 6.42 Å². The predicted octanol–water partition coefficient (Wildman–Crippen LogP) is 4.03. The first kappa shape index (κ1) is 14.4. The second kappa shape index (κ2) is 5.96. The van der Waals surface area contributed by atoms with Crippen molar-refractivity contribution >= 4 is 27.8 Å². The van der Waals surface area contributed by atoms with Gasteiger partial charge >= 0.3 is 0 Å². The van der Waals surface area contributed by atoms with Gasteiger partial charge in [-0.1, -0.05) is 39.0 Å². The fourth-order valence-electron chi connectivity index (χ4n) is 1.78. The summed E-state index contributed by atoms with van der Waals surface area (Å²) in [4.78, 5) is 5.98. The number of nitrogens with zero attached hydrogens (tertiary/aromatic N) is 3. The molecule has 0 amide bonds. The van der Waals surface area contributed by atoms with Crippen LogP contribution in [0.2, 0.25) is 0 Å². The van der Waals surface area contributed by atoms with Gasteiger partial charge in [0.05, 0.1) is 15.6 Å². The number of hydrogen-bond donors (Lipinski definition) is 1. The maximum atomic E-state index is 4.80. The number of nitrogens with one attached hydrogen (secondary N) is 1. The Hall–Kier alpha value is -1.01. The van der Waals surface area contributed by atoms with Gasteiger partial charge in [0.15, 0.2) is 5.01 Å². The van der Waals surface area contributed by atoms with Gasteiger partial charge in [0.25, 0.3) is 0 Å². The maximum absolute atomic E-state index is 4.80. The van der Waals surface area contributed by atoms with Crippen LogP contribution in [0.4, 0.5) is 5.13 Å². The van der Waals surface area contributed by atoms with Gasteiger partial charge in [0, 0.05) is 13.5 Å². The molecule has 2 aromatic rings. The Morgan fingerprint density at radius 3 is 2.37 bits per heavy atom. The topological polar surface area (TPSA) is 50.7 Å². The van der Waals surface area contributed by atoms with Crippen LogP contribution >= 0.6 is 22.7 Å². The highest BCUT2D eigenvalue weighted by Gasteiger charge is 2.19. The van der Waals surface area contributed by atoms with Crippen molar-refractivity contribution in [2.75, 3.05) is 12.4 Å². The molecular formula is C13H20N4S2. The highest BCUT2D eigenvalue weighted by Crippen LogP contribution is 2.37. The molecule has 0 aliphatic rings. The lowest BCUT2D eigenvalue weighted by atomic mass is 10.1. The average Bonchev–Trinajstić information content (AvgIpc) is 2.93. The zero-order valence-corrected chi connectivity index (χ0v) is 13.7.